The summed E-state index contributed by atoms with van der Waals surface area (Å²) in [6, 6.07) is 12.0. The summed E-state index contributed by atoms with van der Waals surface area (Å²) in [5.41, 5.74) is 3.98. The minimum Gasteiger partial charge on any atom is -0.373 e. The summed E-state index contributed by atoms with van der Waals surface area (Å²) in [6.45, 7) is 4.53. The van der Waals surface area contributed by atoms with Crippen molar-refractivity contribution in [2.45, 2.75) is 19.3 Å². The van der Waals surface area contributed by atoms with Gasteiger partial charge in [-0.15, -0.1) is 0 Å². The van der Waals surface area contributed by atoms with Crippen LogP contribution in [0.4, 0.5) is 5.69 Å². The number of hydrogen-bond donors (Lipinski definition) is 1. The van der Waals surface area contributed by atoms with Gasteiger partial charge >= 0.3 is 0 Å². The van der Waals surface area contributed by atoms with Crippen molar-refractivity contribution in [2.24, 2.45) is 0 Å². The first kappa shape index (κ1) is 18.6. The van der Waals surface area contributed by atoms with Crippen molar-refractivity contribution >= 4 is 39.9 Å². The number of benzene rings is 2. The molecule has 4 nitrogen and oxygen atoms in total. The molecular weight excluding hydrogens is 379 g/mol. The molecule has 1 fully saturated rings. The van der Waals surface area contributed by atoms with Crippen molar-refractivity contribution in [1.82, 2.24) is 14.9 Å². The van der Waals surface area contributed by atoms with Gasteiger partial charge in [0.15, 0.2) is 0 Å². The normalized spacial score (nSPS) is 15.4. The van der Waals surface area contributed by atoms with Crippen molar-refractivity contribution in [3.05, 3.63) is 46.4 Å². The van der Waals surface area contributed by atoms with Gasteiger partial charge in [-0.25, -0.2) is 4.98 Å². The minimum atomic E-state index is 0.522. The van der Waals surface area contributed by atoms with Crippen LogP contribution in [0, 0.1) is 0 Å². The fraction of sp³-hybridized carbons (Fsp3) is 0.381. The third-order valence-corrected chi connectivity index (χ3v) is 6.02. The predicted molar refractivity (Wildman–Crippen MR) is 115 cm³/mol. The van der Waals surface area contributed by atoms with E-state index < -0.39 is 0 Å². The molecular formula is C21H24Cl2N4. The smallest absolute Gasteiger partial charge is 0.140 e. The summed E-state index contributed by atoms with van der Waals surface area (Å²) in [5.74, 6) is 0.837. The van der Waals surface area contributed by atoms with E-state index in [9.17, 15) is 0 Å². The van der Waals surface area contributed by atoms with E-state index in [1.807, 2.05) is 18.2 Å². The first-order valence-electron chi connectivity index (χ1n) is 9.49. The van der Waals surface area contributed by atoms with E-state index >= 15 is 0 Å². The van der Waals surface area contributed by atoms with Gasteiger partial charge in [0.05, 0.1) is 21.1 Å². The highest BCUT2D eigenvalue weighted by Gasteiger charge is 2.15. The third kappa shape index (κ3) is 4.08. The first-order chi connectivity index (χ1) is 13.1. The zero-order valence-electron chi connectivity index (χ0n) is 15.5. The molecule has 0 radical (unpaired) electrons. The van der Waals surface area contributed by atoms with Gasteiger partial charge in [-0.1, -0.05) is 41.8 Å². The van der Waals surface area contributed by atoms with Gasteiger partial charge in [0, 0.05) is 31.4 Å². The average molecular weight is 403 g/mol. The van der Waals surface area contributed by atoms with Crippen LogP contribution < -0.4 is 4.90 Å². The van der Waals surface area contributed by atoms with Gasteiger partial charge in [-0.2, -0.15) is 0 Å². The van der Waals surface area contributed by atoms with Crippen LogP contribution in [-0.2, 0) is 0 Å². The maximum absolute atomic E-state index is 6.15. The van der Waals surface area contributed by atoms with Crippen LogP contribution in [-0.4, -0.2) is 48.1 Å². The highest BCUT2D eigenvalue weighted by atomic mass is 35.5. The molecule has 2 aromatic carbocycles. The molecule has 1 N–H and O–H groups in total. The lowest BCUT2D eigenvalue weighted by atomic mass is 10.1. The van der Waals surface area contributed by atoms with E-state index in [0.29, 0.717) is 10.0 Å². The highest BCUT2D eigenvalue weighted by Crippen LogP contribution is 2.32. The van der Waals surface area contributed by atoms with Gasteiger partial charge in [-0.05, 0) is 50.2 Å². The van der Waals surface area contributed by atoms with Crippen molar-refractivity contribution in [3.8, 4) is 11.4 Å². The van der Waals surface area contributed by atoms with Crippen LogP contribution in [0.1, 0.15) is 19.3 Å². The molecule has 0 atom stereocenters. The van der Waals surface area contributed by atoms with Crippen LogP contribution >= 0.6 is 23.2 Å². The Bertz CT molecular complexity index is 892. The molecule has 1 aliphatic rings. The lowest BCUT2D eigenvalue weighted by molar-refractivity contribution is 0.234. The number of likely N-dealkylation sites (N-methyl/N-ethyl adjacent to an activating group) is 1. The van der Waals surface area contributed by atoms with E-state index in [2.05, 4.69) is 40.0 Å². The molecule has 2 heterocycles. The Labute approximate surface area is 170 Å². The van der Waals surface area contributed by atoms with Gasteiger partial charge in [0.1, 0.15) is 5.82 Å². The molecule has 142 valence electrons. The summed E-state index contributed by atoms with van der Waals surface area (Å²) in [4.78, 5) is 13.0. The predicted octanol–water partition coefficient (Wildman–Crippen LogP) is 5.46. The summed E-state index contributed by atoms with van der Waals surface area (Å²) in [6.07, 6.45) is 4.02. The van der Waals surface area contributed by atoms with E-state index in [-0.39, 0.29) is 0 Å². The number of H-pyrrole nitrogens is 1. The van der Waals surface area contributed by atoms with Crippen LogP contribution in [0.25, 0.3) is 22.4 Å². The average Bonchev–Trinajstić information content (AvgIpc) is 3.10. The molecule has 0 bridgehead atoms. The SMILES string of the molecule is CN(CCN1CCCCC1)c1ccccc1-c1nc2cc(Cl)c(Cl)cc2[nH]1. The maximum Gasteiger partial charge on any atom is 0.140 e. The van der Waals surface area contributed by atoms with E-state index in [0.717, 1.165) is 35.5 Å². The largest absolute Gasteiger partial charge is 0.373 e. The topological polar surface area (TPSA) is 35.2 Å². The van der Waals surface area contributed by atoms with Gasteiger partial charge in [0.25, 0.3) is 0 Å². The number of imidazole rings is 1. The minimum absolute atomic E-state index is 0.522. The highest BCUT2D eigenvalue weighted by molar-refractivity contribution is 6.42. The van der Waals surface area contributed by atoms with Crippen molar-refractivity contribution in [3.63, 3.8) is 0 Å². The molecule has 0 aliphatic carbocycles. The van der Waals surface area contributed by atoms with E-state index in [1.54, 1.807) is 0 Å². The van der Waals surface area contributed by atoms with Crippen LogP contribution in [0.15, 0.2) is 36.4 Å². The Morgan fingerprint density at radius 1 is 1.07 bits per heavy atom. The Kier molecular flexibility index (Phi) is 5.58. The first-order valence-corrected chi connectivity index (χ1v) is 10.2. The number of anilines is 1. The number of nitrogens with zero attached hydrogens (tertiary/aromatic N) is 3. The van der Waals surface area contributed by atoms with Crippen molar-refractivity contribution < 1.29 is 0 Å². The third-order valence-electron chi connectivity index (χ3n) is 5.29. The zero-order chi connectivity index (χ0) is 18.8. The van der Waals surface area contributed by atoms with Crippen LogP contribution in [0.3, 0.4) is 0 Å². The van der Waals surface area contributed by atoms with Crippen LogP contribution in [0.2, 0.25) is 10.0 Å². The Hall–Kier alpha value is -1.75. The summed E-state index contributed by atoms with van der Waals surface area (Å²) >= 11 is 12.3. The molecule has 0 spiro atoms. The van der Waals surface area contributed by atoms with E-state index in [4.69, 9.17) is 28.2 Å². The monoisotopic (exact) mass is 402 g/mol. The number of nitrogens with one attached hydrogen (secondary N) is 1. The number of aromatic nitrogens is 2. The fourth-order valence-corrected chi connectivity index (χ4v) is 4.06. The Morgan fingerprint density at radius 2 is 1.81 bits per heavy atom. The maximum atomic E-state index is 6.15. The second-order valence-electron chi connectivity index (χ2n) is 7.21. The summed E-state index contributed by atoms with van der Waals surface area (Å²) in [5, 5.41) is 1.06. The van der Waals surface area contributed by atoms with Crippen LogP contribution in [0.5, 0.6) is 0 Å². The standard InChI is InChI=1S/C21H24Cl2N4/c1-26(11-12-27-9-5-2-6-10-27)20-8-4-3-7-15(20)21-24-18-13-16(22)17(23)14-19(18)25-21/h3-4,7-8,13-14H,2,5-6,9-12H2,1H3,(H,24,25). The number of halogens is 2. The molecule has 27 heavy (non-hydrogen) atoms. The zero-order valence-corrected chi connectivity index (χ0v) is 17.0. The number of rotatable bonds is 5. The van der Waals surface area contributed by atoms with Crippen molar-refractivity contribution in [2.75, 3.05) is 38.1 Å². The number of fused-ring (bicyclic) bond motifs is 1. The second kappa shape index (κ2) is 8.09. The molecule has 1 saturated heterocycles. The molecule has 3 aromatic rings. The van der Waals surface area contributed by atoms with E-state index in [1.165, 1.54) is 38.0 Å². The fourth-order valence-electron chi connectivity index (χ4n) is 3.73. The molecule has 4 rings (SSSR count). The number of piperidine rings is 1. The lowest BCUT2D eigenvalue weighted by Gasteiger charge is -2.29. The number of hydrogen-bond acceptors (Lipinski definition) is 3. The van der Waals surface area contributed by atoms with Crippen molar-refractivity contribution in [1.29, 1.82) is 0 Å². The molecule has 0 amide bonds. The number of likely N-dealkylation sites (tertiary alicyclic amines) is 1. The molecule has 1 aromatic heterocycles. The Morgan fingerprint density at radius 3 is 2.63 bits per heavy atom. The summed E-state index contributed by atoms with van der Waals surface area (Å²) in [7, 11) is 2.15. The number of para-hydroxylation sites is 1. The molecule has 6 heteroatoms. The van der Waals surface area contributed by atoms with Gasteiger partial charge < -0.3 is 14.8 Å². The van der Waals surface area contributed by atoms with Gasteiger partial charge in [0.2, 0.25) is 0 Å². The number of aromatic amines is 1. The Balaban J connectivity index is 1.58. The second-order valence-corrected chi connectivity index (χ2v) is 8.02. The molecule has 0 saturated carbocycles. The molecule has 1 aliphatic heterocycles. The lowest BCUT2D eigenvalue weighted by Crippen LogP contribution is -2.36. The quantitative estimate of drug-likeness (QED) is 0.615. The molecule has 0 unspecified atom stereocenters. The summed E-state index contributed by atoms with van der Waals surface area (Å²) < 4.78 is 0. The van der Waals surface area contributed by atoms with Gasteiger partial charge in [-0.3, -0.25) is 0 Å².